The Hall–Kier alpha value is -1.85. The molecule has 0 radical (unpaired) electrons. The fourth-order valence-electron chi connectivity index (χ4n) is 3.33. The average molecular weight is 388 g/mol. The largest absolute Gasteiger partial charge is 0.494 e. The standard InChI is InChI=1S/C20H22ClN3OS/c1-2-3-12-25-14-10-8-13(9-11-14)22-18-17-15-6-4-5-7-16(15)26-19(17)24-20(21)23-18/h8-11H,2-7,12H2,1H3,(H,22,23,24). The Morgan fingerprint density at radius 3 is 2.77 bits per heavy atom. The maximum absolute atomic E-state index is 6.17. The molecule has 0 fully saturated rings. The van der Waals surface area contributed by atoms with Gasteiger partial charge in [-0.2, -0.15) is 4.98 Å². The fourth-order valence-corrected chi connectivity index (χ4v) is 4.81. The van der Waals surface area contributed by atoms with Crippen molar-refractivity contribution in [3.63, 3.8) is 0 Å². The molecule has 2 aromatic heterocycles. The molecule has 0 saturated heterocycles. The Morgan fingerprint density at radius 1 is 1.15 bits per heavy atom. The van der Waals surface area contributed by atoms with E-state index in [1.807, 2.05) is 24.3 Å². The van der Waals surface area contributed by atoms with Gasteiger partial charge in [-0.3, -0.25) is 0 Å². The summed E-state index contributed by atoms with van der Waals surface area (Å²) >= 11 is 7.93. The van der Waals surface area contributed by atoms with E-state index in [4.69, 9.17) is 16.3 Å². The molecule has 1 aromatic carbocycles. The van der Waals surface area contributed by atoms with E-state index in [0.29, 0.717) is 0 Å². The molecule has 0 saturated carbocycles. The summed E-state index contributed by atoms with van der Waals surface area (Å²) in [6.45, 7) is 2.92. The molecule has 1 aliphatic rings. The van der Waals surface area contributed by atoms with Crippen LogP contribution in [-0.2, 0) is 12.8 Å². The number of benzene rings is 1. The van der Waals surface area contributed by atoms with Crippen molar-refractivity contribution in [2.45, 2.75) is 45.4 Å². The third kappa shape index (κ3) is 3.64. The van der Waals surface area contributed by atoms with Crippen LogP contribution in [0.1, 0.15) is 43.0 Å². The van der Waals surface area contributed by atoms with Gasteiger partial charge in [0.2, 0.25) is 5.28 Å². The fraction of sp³-hybridized carbons (Fsp3) is 0.400. The van der Waals surface area contributed by atoms with Crippen molar-refractivity contribution in [2.75, 3.05) is 11.9 Å². The van der Waals surface area contributed by atoms with Crippen LogP contribution >= 0.6 is 22.9 Å². The molecule has 6 heteroatoms. The number of halogens is 1. The maximum Gasteiger partial charge on any atom is 0.225 e. The monoisotopic (exact) mass is 387 g/mol. The highest BCUT2D eigenvalue weighted by atomic mass is 35.5. The van der Waals surface area contributed by atoms with Crippen LogP contribution in [0.4, 0.5) is 11.5 Å². The lowest BCUT2D eigenvalue weighted by molar-refractivity contribution is 0.309. The second-order valence-electron chi connectivity index (χ2n) is 6.58. The SMILES string of the molecule is CCCCOc1ccc(Nc2nc(Cl)nc3sc4c(c23)CCCC4)cc1. The number of thiophene rings is 1. The van der Waals surface area contributed by atoms with Gasteiger partial charge in [-0.1, -0.05) is 13.3 Å². The van der Waals surface area contributed by atoms with Crippen molar-refractivity contribution in [3.8, 4) is 5.75 Å². The maximum atomic E-state index is 6.17. The van der Waals surface area contributed by atoms with Crippen LogP contribution in [0.15, 0.2) is 24.3 Å². The van der Waals surface area contributed by atoms with E-state index in [0.717, 1.165) is 59.8 Å². The molecule has 0 bridgehead atoms. The van der Waals surface area contributed by atoms with E-state index >= 15 is 0 Å². The molecule has 0 amide bonds. The topological polar surface area (TPSA) is 47.0 Å². The highest BCUT2D eigenvalue weighted by Gasteiger charge is 2.21. The van der Waals surface area contributed by atoms with Gasteiger partial charge in [0.1, 0.15) is 16.4 Å². The number of hydrogen-bond acceptors (Lipinski definition) is 5. The second kappa shape index (κ2) is 7.80. The first-order valence-electron chi connectivity index (χ1n) is 9.22. The van der Waals surface area contributed by atoms with Gasteiger partial charge in [0.15, 0.2) is 0 Å². The molecule has 0 aliphatic heterocycles. The van der Waals surface area contributed by atoms with Gasteiger partial charge >= 0.3 is 0 Å². The molecule has 0 spiro atoms. The summed E-state index contributed by atoms with van der Waals surface area (Å²) in [4.78, 5) is 11.4. The Morgan fingerprint density at radius 2 is 1.96 bits per heavy atom. The number of fused-ring (bicyclic) bond motifs is 3. The lowest BCUT2D eigenvalue weighted by Gasteiger charge is -2.13. The number of ether oxygens (including phenoxy) is 1. The predicted molar refractivity (Wildman–Crippen MR) is 109 cm³/mol. The summed E-state index contributed by atoms with van der Waals surface area (Å²) < 4.78 is 5.73. The lowest BCUT2D eigenvalue weighted by Crippen LogP contribution is -2.01. The normalized spacial score (nSPS) is 13.6. The third-order valence-corrected chi connectivity index (χ3v) is 6.03. The van der Waals surface area contributed by atoms with Crippen LogP contribution in [0.2, 0.25) is 5.28 Å². The Bertz CT molecular complexity index is 908. The summed E-state index contributed by atoms with van der Waals surface area (Å²) in [5.41, 5.74) is 2.37. The minimum Gasteiger partial charge on any atom is -0.494 e. The summed E-state index contributed by atoms with van der Waals surface area (Å²) in [6.07, 6.45) is 6.92. The zero-order valence-corrected chi connectivity index (χ0v) is 16.4. The van der Waals surface area contributed by atoms with Gasteiger partial charge in [0.05, 0.1) is 12.0 Å². The van der Waals surface area contributed by atoms with E-state index in [2.05, 4.69) is 22.2 Å². The van der Waals surface area contributed by atoms with Crippen molar-refractivity contribution >= 4 is 44.7 Å². The molecule has 1 aliphatic carbocycles. The van der Waals surface area contributed by atoms with Gasteiger partial charge in [-0.15, -0.1) is 11.3 Å². The van der Waals surface area contributed by atoms with Crippen LogP contribution in [0.25, 0.3) is 10.2 Å². The summed E-state index contributed by atoms with van der Waals surface area (Å²) in [6, 6.07) is 8.01. The van der Waals surface area contributed by atoms with Crippen LogP contribution < -0.4 is 10.1 Å². The first-order valence-corrected chi connectivity index (χ1v) is 10.4. The van der Waals surface area contributed by atoms with Crippen molar-refractivity contribution in [2.24, 2.45) is 0 Å². The van der Waals surface area contributed by atoms with E-state index in [1.165, 1.54) is 23.3 Å². The Labute approximate surface area is 162 Å². The molecule has 2 heterocycles. The number of aryl methyl sites for hydroxylation is 2. The molecule has 4 nitrogen and oxygen atoms in total. The first-order chi connectivity index (χ1) is 12.7. The number of rotatable bonds is 6. The number of hydrogen-bond donors (Lipinski definition) is 1. The number of nitrogens with zero attached hydrogens (tertiary/aromatic N) is 2. The van der Waals surface area contributed by atoms with Crippen molar-refractivity contribution in [1.82, 2.24) is 9.97 Å². The minimum absolute atomic E-state index is 0.290. The average Bonchev–Trinajstić information content (AvgIpc) is 3.01. The quantitative estimate of drug-likeness (QED) is 0.407. The first kappa shape index (κ1) is 17.6. The zero-order chi connectivity index (χ0) is 17.9. The minimum atomic E-state index is 0.290. The van der Waals surface area contributed by atoms with Crippen LogP contribution in [0.3, 0.4) is 0 Å². The summed E-state index contributed by atoms with van der Waals surface area (Å²) in [5.74, 6) is 1.70. The molecule has 26 heavy (non-hydrogen) atoms. The van der Waals surface area contributed by atoms with E-state index in [9.17, 15) is 0 Å². The van der Waals surface area contributed by atoms with Crippen LogP contribution in [0.5, 0.6) is 5.75 Å². The molecular weight excluding hydrogens is 366 g/mol. The number of anilines is 2. The summed E-state index contributed by atoms with van der Waals surface area (Å²) in [7, 11) is 0. The van der Waals surface area contributed by atoms with Crippen molar-refractivity contribution in [1.29, 1.82) is 0 Å². The molecular formula is C20H22ClN3OS. The number of unbranched alkanes of at least 4 members (excludes halogenated alkanes) is 1. The second-order valence-corrected chi connectivity index (χ2v) is 8.01. The van der Waals surface area contributed by atoms with Crippen molar-refractivity contribution < 1.29 is 4.74 Å². The van der Waals surface area contributed by atoms with Gasteiger partial charge in [-0.05, 0) is 73.5 Å². The lowest BCUT2D eigenvalue weighted by atomic mass is 9.97. The molecule has 0 unspecified atom stereocenters. The van der Waals surface area contributed by atoms with Crippen LogP contribution in [0, 0.1) is 0 Å². The molecule has 136 valence electrons. The third-order valence-electron chi connectivity index (χ3n) is 4.67. The summed E-state index contributed by atoms with van der Waals surface area (Å²) in [5, 5.41) is 4.86. The Kier molecular flexibility index (Phi) is 5.27. The molecule has 3 aromatic rings. The smallest absolute Gasteiger partial charge is 0.225 e. The van der Waals surface area contributed by atoms with E-state index in [1.54, 1.807) is 11.3 Å². The number of aromatic nitrogens is 2. The van der Waals surface area contributed by atoms with Gasteiger partial charge in [-0.25, -0.2) is 4.98 Å². The van der Waals surface area contributed by atoms with Crippen molar-refractivity contribution in [3.05, 3.63) is 40.0 Å². The number of nitrogens with one attached hydrogen (secondary N) is 1. The Balaban J connectivity index is 1.61. The zero-order valence-electron chi connectivity index (χ0n) is 14.8. The van der Waals surface area contributed by atoms with Gasteiger partial charge in [0.25, 0.3) is 0 Å². The highest BCUT2D eigenvalue weighted by Crippen LogP contribution is 2.39. The highest BCUT2D eigenvalue weighted by molar-refractivity contribution is 7.19. The molecule has 0 atom stereocenters. The van der Waals surface area contributed by atoms with E-state index in [-0.39, 0.29) is 5.28 Å². The molecule has 4 rings (SSSR count). The predicted octanol–water partition coefficient (Wildman–Crippen LogP) is 6.15. The van der Waals surface area contributed by atoms with Gasteiger partial charge in [0, 0.05) is 10.6 Å². The molecule has 1 N–H and O–H groups in total. The van der Waals surface area contributed by atoms with E-state index < -0.39 is 0 Å². The van der Waals surface area contributed by atoms with Gasteiger partial charge < -0.3 is 10.1 Å². The van der Waals surface area contributed by atoms with Crippen LogP contribution in [-0.4, -0.2) is 16.6 Å².